The number of amides is 2. The fourth-order valence-electron chi connectivity index (χ4n) is 3.15. The van der Waals surface area contributed by atoms with Crippen molar-refractivity contribution in [2.75, 3.05) is 6.54 Å². The molecular weight excluding hydrogens is 371 g/mol. The molecule has 1 saturated heterocycles. The van der Waals surface area contributed by atoms with Crippen molar-refractivity contribution in [3.8, 4) is 0 Å². The van der Waals surface area contributed by atoms with Crippen LogP contribution in [0, 0.1) is 0 Å². The minimum atomic E-state index is -0.630. The number of halogens is 2. The molecule has 0 aliphatic carbocycles. The van der Waals surface area contributed by atoms with Gasteiger partial charge in [-0.1, -0.05) is 59.6 Å². The summed E-state index contributed by atoms with van der Waals surface area (Å²) in [4.78, 5) is 27.0. The first-order valence-corrected chi connectivity index (χ1v) is 9.38. The quantitative estimate of drug-likeness (QED) is 0.823. The highest BCUT2D eigenvalue weighted by molar-refractivity contribution is 6.35. The van der Waals surface area contributed by atoms with Gasteiger partial charge in [0.25, 0.3) is 0 Å². The van der Waals surface area contributed by atoms with Crippen LogP contribution in [-0.2, 0) is 16.1 Å². The number of nitrogens with one attached hydrogen (secondary N) is 1. The lowest BCUT2D eigenvalue weighted by atomic mass is 10.0. The van der Waals surface area contributed by atoms with Gasteiger partial charge in [-0.05, 0) is 36.1 Å². The molecule has 1 atom stereocenters. The molecule has 1 aliphatic heterocycles. The van der Waals surface area contributed by atoms with Crippen LogP contribution in [0.4, 0.5) is 0 Å². The molecule has 2 aromatic carbocycles. The maximum Gasteiger partial charge on any atom is 0.247 e. The number of piperidine rings is 1. The monoisotopic (exact) mass is 390 g/mol. The highest BCUT2D eigenvalue weighted by Gasteiger charge is 2.32. The van der Waals surface area contributed by atoms with Crippen molar-refractivity contribution in [3.05, 3.63) is 69.7 Å². The summed E-state index contributed by atoms with van der Waals surface area (Å²) < 4.78 is 0. The molecule has 26 heavy (non-hydrogen) atoms. The molecule has 1 unspecified atom stereocenters. The molecule has 0 aromatic heterocycles. The van der Waals surface area contributed by atoms with Crippen molar-refractivity contribution in [2.45, 2.75) is 31.8 Å². The Labute approximate surface area is 163 Å². The van der Waals surface area contributed by atoms with Gasteiger partial charge in [0.1, 0.15) is 6.04 Å². The summed E-state index contributed by atoms with van der Waals surface area (Å²) in [7, 11) is 0. The van der Waals surface area contributed by atoms with E-state index in [4.69, 9.17) is 23.2 Å². The largest absolute Gasteiger partial charge is 0.350 e. The zero-order valence-corrected chi connectivity index (χ0v) is 15.8. The second-order valence-electron chi connectivity index (χ2n) is 6.31. The maximum absolute atomic E-state index is 13.0. The molecule has 1 aliphatic rings. The lowest BCUT2D eigenvalue weighted by Gasteiger charge is -2.34. The molecule has 2 amide bonds. The Morgan fingerprint density at radius 2 is 1.88 bits per heavy atom. The van der Waals surface area contributed by atoms with Gasteiger partial charge in [0, 0.05) is 29.6 Å². The SMILES string of the molecule is O=C(NCc1ccc(Cl)cc1Cl)C(c1ccccc1)N1CCCCC1=O. The number of hydrogen-bond acceptors (Lipinski definition) is 2. The Kier molecular flexibility index (Phi) is 6.17. The van der Waals surface area contributed by atoms with Crippen molar-refractivity contribution < 1.29 is 9.59 Å². The summed E-state index contributed by atoms with van der Waals surface area (Å²) in [5, 5.41) is 3.97. The van der Waals surface area contributed by atoms with Gasteiger partial charge >= 0.3 is 0 Å². The first-order valence-electron chi connectivity index (χ1n) is 8.62. The Morgan fingerprint density at radius 3 is 2.58 bits per heavy atom. The van der Waals surface area contributed by atoms with Crippen molar-refractivity contribution in [3.63, 3.8) is 0 Å². The number of carbonyl (C=O) groups is 2. The van der Waals surface area contributed by atoms with Crippen LogP contribution < -0.4 is 5.32 Å². The van der Waals surface area contributed by atoms with Crippen molar-refractivity contribution in [2.24, 2.45) is 0 Å². The van der Waals surface area contributed by atoms with Crippen LogP contribution in [-0.4, -0.2) is 23.3 Å². The zero-order valence-electron chi connectivity index (χ0n) is 14.3. The number of nitrogens with zero attached hydrogens (tertiary/aromatic N) is 1. The van der Waals surface area contributed by atoms with E-state index in [1.807, 2.05) is 30.3 Å². The van der Waals surface area contributed by atoms with Crippen molar-refractivity contribution in [1.29, 1.82) is 0 Å². The number of rotatable bonds is 5. The van der Waals surface area contributed by atoms with Crippen LogP contribution in [0.5, 0.6) is 0 Å². The first kappa shape index (κ1) is 18.7. The normalized spacial score (nSPS) is 15.6. The minimum Gasteiger partial charge on any atom is -0.350 e. The van der Waals surface area contributed by atoms with Crippen molar-refractivity contribution >= 4 is 35.0 Å². The van der Waals surface area contributed by atoms with Crippen molar-refractivity contribution in [1.82, 2.24) is 10.2 Å². The molecular formula is C20H20Cl2N2O2. The van der Waals surface area contributed by atoms with Crippen LogP contribution >= 0.6 is 23.2 Å². The highest BCUT2D eigenvalue weighted by atomic mass is 35.5. The average molecular weight is 391 g/mol. The van der Waals surface area contributed by atoms with E-state index in [1.165, 1.54) is 0 Å². The van der Waals surface area contributed by atoms with E-state index in [9.17, 15) is 9.59 Å². The van der Waals surface area contributed by atoms with E-state index in [2.05, 4.69) is 5.32 Å². The molecule has 1 heterocycles. The van der Waals surface area contributed by atoms with E-state index in [0.29, 0.717) is 23.0 Å². The standard InChI is InChI=1S/C20H20Cl2N2O2/c21-16-10-9-15(17(22)12-16)13-23-20(26)19(14-6-2-1-3-7-14)24-11-5-4-8-18(24)25/h1-3,6-7,9-10,12,19H,4-5,8,11,13H2,(H,23,26). The lowest BCUT2D eigenvalue weighted by Crippen LogP contribution is -2.45. The van der Waals surface area contributed by atoms with E-state index in [1.54, 1.807) is 23.1 Å². The average Bonchev–Trinajstić information content (AvgIpc) is 2.64. The van der Waals surface area contributed by atoms with Gasteiger partial charge in [-0.2, -0.15) is 0 Å². The first-order chi connectivity index (χ1) is 12.6. The summed E-state index contributed by atoms with van der Waals surface area (Å²) in [6.45, 7) is 0.869. The predicted molar refractivity (Wildman–Crippen MR) is 103 cm³/mol. The van der Waals surface area contributed by atoms with E-state index < -0.39 is 6.04 Å². The Hall–Kier alpha value is -2.04. The van der Waals surface area contributed by atoms with Gasteiger partial charge in [-0.25, -0.2) is 0 Å². The number of likely N-dealkylation sites (tertiary alicyclic amines) is 1. The number of carbonyl (C=O) groups excluding carboxylic acids is 2. The third kappa shape index (κ3) is 4.37. The molecule has 0 bridgehead atoms. The molecule has 3 rings (SSSR count). The molecule has 1 N–H and O–H groups in total. The van der Waals surface area contributed by atoms with Gasteiger partial charge in [-0.15, -0.1) is 0 Å². The fourth-order valence-corrected chi connectivity index (χ4v) is 3.63. The van der Waals surface area contributed by atoms with Crippen LogP contribution in [0.2, 0.25) is 10.0 Å². The van der Waals surface area contributed by atoms with Crippen LogP contribution in [0.25, 0.3) is 0 Å². The molecule has 4 nitrogen and oxygen atoms in total. The topological polar surface area (TPSA) is 49.4 Å². The molecule has 6 heteroatoms. The number of hydrogen-bond donors (Lipinski definition) is 1. The van der Waals surface area contributed by atoms with E-state index in [-0.39, 0.29) is 18.4 Å². The Bertz CT molecular complexity index is 796. The van der Waals surface area contributed by atoms with E-state index >= 15 is 0 Å². The third-order valence-electron chi connectivity index (χ3n) is 4.50. The third-order valence-corrected chi connectivity index (χ3v) is 5.09. The smallest absolute Gasteiger partial charge is 0.247 e. The summed E-state index contributed by atoms with van der Waals surface area (Å²) >= 11 is 12.1. The summed E-state index contributed by atoms with van der Waals surface area (Å²) in [5.74, 6) is -0.192. The van der Waals surface area contributed by atoms with E-state index in [0.717, 1.165) is 24.0 Å². The summed E-state index contributed by atoms with van der Waals surface area (Å²) in [6.07, 6.45) is 2.27. The maximum atomic E-state index is 13.0. The highest BCUT2D eigenvalue weighted by Crippen LogP contribution is 2.26. The fraction of sp³-hybridized carbons (Fsp3) is 0.300. The molecule has 136 valence electrons. The second kappa shape index (κ2) is 8.56. The van der Waals surface area contributed by atoms with Gasteiger partial charge in [0.2, 0.25) is 11.8 Å². The van der Waals surface area contributed by atoms with Crippen LogP contribution in [0.3, 0.4) is 0 Å². The van der Waals surface area contributed by atoms with Gasteiger partial charge in [0.05, 0.1) is 0 Å². The lowest BCUT2D eigenvalue weighted by molar-refractivity contribution is -0.142. The number of benzene rings is 2. The van der Waals surface area contributed by atoms with Crippen LogP contribution in [0.1, 0.15) is 36.4 Å². The molecule has 0 radical (unpaired) electrons. The zero-order chi connectivity index (χ0) is 18.5. The van der Waals surface area contributed by atoms with Gasteiger partial charge < -0.3 is 10.2 Å². The molecule has 0 spiro atoms. The molecule has 2 aromatic rings. The molecule has 1 fully saturated rings. The summed E-state index contributed by atoms with van der Waals surface area (Å²) in [5.41, 5.74) is 1.59. The molecule has 0 saturated carbocycles. The van der Waals surface area contributed by atoms with Crippen LogP contribution in [0.15, 0.2) is 48.5 Å². The predicted octanol–water partition coefficient (Wildman–Crippen LogP) is 4.36. The van der Waals surface area contributed by atoms with Gasteiger partial charge in [-0.3, -0.25) is 9.59 Å². The Balaban J connectivity index is 1.79. The summed E-state index contributed by atoms with van der Waals surface area (Å²) in [6, 6.07) is 13.9. The second-order valence-corrected chi connectivity index (χ2v) is 7.15. The Morgan fingerprint density at radius 1 is 1.12 bits per heavy atom. The minimum absolute atomic E-state index is 0.0183. The van der Waals surface area contributed by atoms with Gasteiger partial charge in [0.15, 0.2) is 0 Å².